The van der Waals surface area contributed by atoms with Crippen LogP contribution in [0.3, 0.4) is 0 Å². The third-order valence-electron chi connectivity index (χ3n) is 2.13. The van der Waals surface area contributed by atoms with E-state index in [9.17, 15) is 0 Å². The minimum absolute atomic E-state index is 0.127. The molecule has 0 N–H and O–H groups in total. The molecule has 0 bridgehead atoms. The van der Waals surface area contributed by atoms with Gasteiger partial charge in [0.25, 0.3) is 0 Å². The van der Waals surface area contributed by atoms with Crippen LogP contribution in [0, 0.1) is 0 Å². The molecule has 2 rings (SSSR count). The van der Waals surface area contributed by atoms with E-state index in [2.05, 4.69) is 5.32 Å². The molecular formula is C10H11ClNO. The minimum Gasteiger partial charge on any atom is -0.378 e. The summed E-state index contributed by atoms with van der Waals surface area (Å²) in [6.45, 7) is 2.17. The van der Waals surface area contributed by atoms with Gasteiger partial charge in [0, 0.05) is 11.6 Å². The van der Waals surface area contributed by atoms with Gasteiger partial charge in [-0.1, -0.05) is 29.8 Å². The van der Waals surface area contributed by atoms with Crippen molar-refractivity contribution < 1.29 is 4.74 Å². The largest absolute Gasteiger partial charge is 0.378 e. The molecule has 2 nitrogen and oxygen atoms in total. The van der Waals surface area contributed by atoms with Crippen molar-refractivity contribution in [3.05, 3.63) is 34.9 Å². The van der Waals surface area contributed by atoms with E-state index in [0.717, 1.165) is 23.7 Å². The molecule has 1 aromatic carbocycles. The summed E-state index contributed by atoms with van der Waals surface area (Å²) in [5.41, 5.74) is 1.07. The molecule has 1 aliphatic rings. The van der Waals surface area contributed by atoms with Crippen molar-refractivity contribution in [2.75, 3.05) is 19.8 Å². The van der Waals surface area contributed by atoms with Crippen molar-refractivity contribution in [1.29, 1.82) is 0 Å². The molecule has 1 unspecified atom stereocenters. The van der Waals surface area contributed by atoms with Crippen LogP contribution >= 0.6 is 11.6 Å². The summed E-state index contributed by atoms with van der Waals surface area (Å²) in [4.78, 5) is 0. The topological polar surface area (TPSA) is 23.3 Å². The molecule has 0 aliphatic carbocycles. The van der Waals surface area contributed by atoms with Gasteiger partial charge in [-0.25, -0.2) is 5.32 Å². The van der Waals surface area contributed by atoms with Gasteiger partial charge < -0.3 is 4.74 Å². The Bertz CT molecular complexity index is 284. The minimum atomic E-state index is 0.127. The highest BCUT2D eigenvalue weighted by Gasteiger charge is 2.18. The maximum atomic E-state index is 6.04. The number of rotatable bonds is 1. The van der Waals surface area contributed by atoms with Gasteiger partial charge in [0.15, 0.2) is 0 Å². The van der Waals surface area contributed by atoms with Crippen LogP contribution in [0.5, 0.6) is 0 Å². The lowest BCUT2D eigenvalue weighted by atomic mass is 10.1. The van der Waals surface area contributed by atoms with Crippen molar-refractivity contribution >= 4 is 11.6 Å². The average molecular weight is 197 g/mol. The van der Waals surface area contributed by atoms with Gasteiger partial charge in [-0.05, 0) is 11.6 Å². The summed E-state index contributed by atoms with van der Waals surface area (Å²) in [6, 6.07) is 7.93. The molecule has 1 aliphatic heterocycles. The first-order chi connectivity index (χ1) is 6.38. The van der Waals surface area contributed by atoms with Crippen LogP contribution in [0.4, 0.5) is 0 Å². The van der Waals surface area contributed by atoms with Crippen LogP contribution in [0.25, 0.3) is 0 Å². The third-order valence-corrected chi connectivity index (χ3v) is 2.47. The Hall–Kier alpha value is -0.570. The van der Waals surface area contributed by atoms with E-state index in [-0.39, 0.29) is 6.04 Å². The van der Waals surface area contributed by atoms with E-state index < -0.39 is 0 Å². The Morgan fingerprint density at radius 1 is 1.38 bits per heavy atom. The highest BCUT2D eigenvalue weighted by Crippen LogP contribution is 2.24. The average Bonchev–Trinajstić information content (AvgIpc) is 2.20. The van der Waals surface area contributed by atoms with Crippen LogP contribution in [0.1, 0.15) is 11.6 Å². The molecule has 0 spiro atoms. The number of ether oxygens (including phenoxy) is 1. The fourth-order valence-corrected chi connectivity index (χ4v) is 1.72. The maximum absolute atomic E-state index is 6.04. The SMILES string of the molecule is Clc1ccccc1C1COCC[N]1. The molecule has 1 heterocycles. The third kappa shape index (κ3) is 2.02. The zero-order chi connectivity index (χ0) is 9.10. The molecule has 0 saturated carbocycles. The molecule has 1 saturated heterocycles. The Labute approximate surface area is 82.9 Å². The van der Waals surface area contributed by atoms with Gasteiger partial charge >= 0.3 is 0 Å². The summed E-state index contributed by atoms with van der Waals surface area (Å²) in [5, 5.41) is 5.23. The van der Waals surface area contributed by atoms with Crippen LogP contribution in [0.15, 0.2) is 24.3 Å². The summed E-state index contributed by atoms with van der Waals surface area (Å²) in [6.07, 6.45) is 0. The van der Waals surface area contributed by atoms with Crippen molar-refractivity contribution in [3.8, 4) is 0 Å². The summed E-state index contributed by atoms with van der Waals surface area (Å²) in [7, 11) is 0. The van der Waals surface area contributed by atoms with E-state index in [1.807, 2.05) is 24.3 Å². The van der Waals surface area contributed by atoms with Crippen LogP contribution < -0.4 is 5.32 Å². The van der Waals surface area contributed by atoms with E-state index in [4.69, 9.17) is 16.3 Å². The van der Waals surface area contributed by atoms with Gasteiger partial charge in [0.05, 0.1) is 19.3 Å². The van der Waals surface area contributed by atoms with E-state index in [1.165, 1.54) is 0 Å². The number of benzene rings is 1. The van der Waals surface area contributed by atoms with E-state index in [0.29, 0.717) is 6.61 Å². The highest BCUT2D eigenvalue weighted by atomic mass is 35.5. The predicted molar refractivity (Wildman–Crippen MR) is 52.0 cm³/mol. The second-order valence-electron chi connectivity index (χ2n) is 3.02. The summed E-state index contributed by atoms with van der Waals surface area (Å²) in [5.74, 6) is 0. The smallest absolute Gasteiger partial charge is 0.0744 e. The Morgan fingerprint density at radius 2 is 2.23 bits per heavy atom. The number of halogens is 1. The first-order valence-corrected chi connectivity index (χ1v) is 4.74. The lowest BCUT2D eigenvalue weighted by Crippen LogP contribution is -2.29. The number of morpholine rings is 1. The van der Waals surface area contributed by atoms with Crippen molar-refractivity contribution in [2.24, 2.45) is 0 Å². The normalized spacial score (nSPS) is 23.0. The van der Waals surface area contributed by atoms with Crippen LogP contribution in [-0.2, 0) is 4.74 Å². The van der Waals surface area contributed by atoms with Gasteiger partial charge in [-0.15, -0.1) is 0 Å². The summed E-state index contributed by atoms with van der Waals surface area (Å²) >= 11 is 6.04. The summed E-state index contributed by atoms with van der Waals surface area (Å²) < 4.78 is 5.34. The van der Waals surface area contributed by atoms with E-state index in [1.54, 1.807) is 0 Å². The fourth-order valence-electron chi connectivity index (χ4n) is 1.45. The second-order valence-corrected chi connectivity index (χ2v) is 3.43. The molecule has 1 atom stereocenters. The van der Waals surface area contributed by atoms with Gasteiger partial charge in [0.2, 0.25) is 0 Å². The number of hydrogen-bond donors (Lipinski definition) is 0. The van der Waals surface area contributed by atoms with Crippen LogP contribution in [-0.4, -0.2) is 19.8 Å². The monoisotopic (exact) mass is 196 g/mol. The fraction of sp³-hybridized carbons (Fsp3) is 0.400. The van der Waals surface area contributed by atoms with Crippen molar-refractivity contribution in [2.45, 2.75) is 6.04 Å². The van der Waals surface area contributed by atoms with E-state index >= 15 is 0 Å². The molecule has 3 heteroatoms. The van der Waals surface area contributed by atoms with Crippen LogP contribution in [0.2, 0.25) is 5.02 Å². The molecule has 0 aromatic heterocycles. The van der Waals surface area contributed by atoms with Gasteiger partial charge in [0.1, 0.15) is 0 Å². The van der Waals surface area contributed by atoms with Crippen molar-refractivity contribution in [1.82, 2.24) is 5.32 Å². The number of nitrogens with zero attached hydrogens (tertiary/aromatic N) is 1. The Kier molecular flexibility index (Phi) is 2.83. The molecule has 1 aromatic rings. The molecule has 69 valence electrons. The quantitative estimate of drug-likeness (QED) is 0.674. The molecular weight excluding hydrogens is 186 g/mol. The Balaban J connectivity index is 2.18. The van der Waals surface area contributed by atoms with Gasteiger partial charge in [-0.2, -0.15) is 0 Å². The zero-order valence-electron chi connectivity index (χ0n) is 7.24. The standard InChI is InChI=1S/C10H11ClNO/c11-9-4-2-1-3-8(9)10-7-13-6-5-12-10/h1-4,10H,5-7H2. The van der Waals surface area contributed by atoms with Gasteiger partial charge in [-0.3, -0.25) is 0 Å². The molecule has 1 fully saturated rings. The molecule has 13 heavy (non-hydrogen) atoms. The van der Waals surface area contributed by atoms with Crippen molar-refractivity contribution in [3.63, 3.8) is 0 Å². The molecule has 1 radical (unpaired) electrons. The first-order valence-electron chi connectivity index (χ1n) is 4.37. The Morgan fingerprint density at radius 3 is 2.92 bits per heavy atom. The second kappa shape index (κ2) is 4.09. The number of hydrogen-bond acceptors (Lipinski definition) is 1. The maximum Gasteiger partial charge on any atom is 0.0744 e. The molecule has 0 amide bonds. The lowest BCUT2D eigenvalue weighted by molar-refractivity contribution is 0.0745. The predicted octanol–water partition coefficient (Wildman–Crippen LogP) is 2.02. The zero-order valence-corrected chi connectivity index (χ0v) is 8.00. The first kappa shape index (κ1) is 9.00. The highest BCUT2D eigenvalue weighted by molar-refractivity contribution is 6.31. The lowest BCUT2D eigenvalue weighted by Gasteiger charge is -2.22.